The first-order chi connectivity index (χ1) is 12.7. The fourth-order valence-electron chi connectivity index (χ4n) is 2.78. The van der Waals surface area contributed by atoms with Crippen molar-refractivity contribution < 1.29 is 9.47 Å². The third-order valence-electron chi connectivity index (χ3n) is 4.12. The van der Waals surface area contributed by atoms with E-state index in [4.69, 9.17) is 20.3 Å². The van der Waals surface area contributed by atoms with Crippen molar-refractivity contribution in [3.05, 3.63) is 54.9 Å². The SMILES string of the molecule is COc1ccc(-c2ccc3ncc(-c4ccc(N)nc4)n3n2)cc1OC. The van der Waals surface area contributed by atoms with Gasteiger partial charge in [0.15, 0.2) is 17.1 Å². The van der Waals surface area contributed by atoms with Crippen molar-refractivity contribution in [2.75, 3.05) is 20.0 Å². The lowest BCUT2D eigenvalue weighted by Crippen LogP contribution is -1.98. The van der Waals surface area contributed by atoms with Gasteiger partial charge in [-0.2, -0.15) is 5.10 Å². The quantitative estimate of drug-likeness (QED) is 0.610. The molecule has 130 valence electrons. The predicted octanol–water partition coefficient (Wildman–Crippen LogP) is 3.06. The second-order valence-electron chi connectivity index (χ2n) is 5.67. The molecule has 0 aliphatic rings. The minimum absolute atomic E-state index is 0.474. The van der Waals surface area contributed by atoms with Crippen LogP contribution in [-0.4, -0.2) is 33.8 Å². The number of hydrogen-bond donors (Lipinski definition) is 1. The van der Waals surface area contributed by atoms with Crippen LogP contribution in [0.25, 0.3) is 28.2 Å². The van der Waals surface area contributed by atoms with E-state index in [1.807, 2.05) is 36.4 Å². The Labute approximate surface area is 150 Å². The molecule has 0 atom stereocenters. The highest BCUT2D eigenvalue weighted by Gasteiger charge is 2.11. The zero-order chi connectivity index (χ0) is 18.1. The number of nitrogens with two attached hydrogens (primary N) is 1. The summed E-state index contributed by atoms with van der Waals surface area (Å²) < 4.78 is 12.5. The Morgan fingerprint density at radius 3 is 2.38 bits per heavy atom. The Morgan fingerprint density at radius 2 is 1.65 bits per heavy atom. The lowest BCUT2D eigenvalue weighted by molar-refractivity contribution is 0.355. The largest absolute Gasteiger partial charge is 0.493 e. The first kappa shape index (κ1) is 15.9. The van der Waals surface area contributed by atoms with E-state index < -0.39 is 0 Å². The molecule has 1 aromatic carbocycles. The Bertz CT molecular complexity index is 1070. The fourth-order valence-corrected chi connectivity index (χ4v) is 2.78. The third kappa shape index (κ3) is 2.69. The molecule has 3 heterocycles. The van der Waals surface area contributed by atoms with Crippen molar-refractivity contribution in [1.82, 2.24) is 19.6 Å². The van der Waals surface area contributed by atoms with Gasteiger partial charge in [-0.15, -0.1) is 0 Å². The molecule has 0 fully saturated rings. The summed E-state index contributed by atoms with van der Waals surface area (Å²) in [7, 11) is 3.22. The summed E-state index contributed by atoms with van der Waals surface area (Å²) in [4.78, 5) is 8.55. The van der Waals surface area contributed by atoms with Gasteiger partial charge < -0.3 is 15.2 Å². The van der Waals surface area contributed by atoms with Crippen molar-refractivity contribution in [3.8, 4) is 34.0 Å². The molecular weight excluding hydrogens is 330 g/mol. The lowest BCUT2D eigenvalue weighted by atomic mass is 10.1. The van der Waals surface area contributed by atoms with Crippen LogP contribution in [0.2, 0.25) is 0 Å². The van der Waals surface area contributed by atoms with E-state index in [1.54, 1.807) is 37.2 Å². The first-order valence-electron chi connectivity index (χ1n) is 7.98. The molecule has 0 radical (unpaired) electrons. The number of pyridine rings is 1. The maximum Gasteiger partial charge on any atom is 0.161 e. The van der Waals surface area contributed by atoms with Crippen LogP contribution < -0.4 is 15.2 Å². The van der Waals surface area contributed by atoms with Gasteiger partial charge in [-0.25, -0.2) is 14.5 Å². The second kappa shape index (κ2) is 6.36. The molecule has 2 N–H and O–H groups in total. The van der Waals surface area contributed by atoms with Crippen molar-refractivity contribution in [2.24, 2.45) is 0 Å². The number of nitrogens with zero attached hydrogens (tertiary/aromatic N) is 4. The molecule has 0 unspecified atom stereocenters. The normalized spacial score (nSPS) is 10.8. The van der Waals surface area contributed by atoms with Crippen LogP contribution in [0.3, 0.4) is 0 Å². The number of anilines is 1. The van der Waals surface area contributed by atoms with E-state index in [2.05, 4.69) is 9.97 Å². The van der Waals surface area contributed by atoms with Gasteiger partial charge >= 0.3 is 0 Å². The molecule has 0 amide bonds. The molecule has 4 aromatic rings. The number of fused-ring (bicyclic) bond motifs is 1. The molecule has 7 nitrogen and oxygen atoms in total. The Morgan fingerprint density at radius 1 is 0.846 bits per heavy atom. The molecule has 7 heteroatoms. The monoisotopic (exact) mass is 347 g/mol. The molecule has 0 saturated carbocycles. The van der Waals surface area contributed by atoms with E-state index in [9.17, 15) is 0 Å². The minimum atomic E-state index is 0.474. The maximum absolute atomic E-state index is 5.67. The molecule has 26 heavy (non-hydrogen) atoms. The van der Waals surface area contributed by atoms with E-state index in [0.717, 1.165) is 28.2 Å². The zero-order valence-corrected chi connectivity index (χ0v) is 14.4. The van der Waals surface area contributed by atoms with Crippen molar-refractivity contribution >= 4 is 11.5 Å². The average molecular weight is 347 g/mol. The third-order valence-corrected chi connectivity index (χ3v) is 4.12. The molecule has 0 aliphatic carbocycles. The highest BCUT2D eigenvalue weighted by molar-refractivity contribution is 5.67. The zero-order valence-electron chi connectivity index (χ0n) is 14.4. The standard InChI is InChI=1S/C19H17N5O2/c1-25-16-6-3-12(9-17(16)26-2)14-5-8-19-22-11-15(24(19)23-14)13-4-7-18(20)21-10-13/h3-11H,1-2H3,(H2,20,21). The number of aromatic nitrogens is 4. The van der Waals surface area contributed by atoms with Gasteiger partial charge in [0.25, 0.3) is 0 Å². The summed E-state index contributed by atoms with van der Waals surface area (Å²) in [6, 6.07) is 13.2. The van der Waals surface area contributed by atoms with Gasteiger partial charge in [0.2, 0.25) is 0 Å². The number of methoxy groups -OCH3 is 2. The summed E-state index contributed by atoms with van der Waals surface area (Å²) >= 11 is 0. The summed E-state index contributed by atoms with van der Waals surface area (Å²) in [5.74, 6) is 1.80. The van der Waals surface area contributed by atoms with E-state index in [-0.39, 0.29) is 0 Å². The number of imidazole rings is 1. The van der Waals surface area contributed by atoms with Gasteiger partial charge in [0.05, 0.1) is 31.8 Å². The highest BCUT2D eigenvalue weighted by Crippen LogP contribution is 2.32. The van der Waals surface area contributed by atoms with Crippen molar-refractivity contribution in [3.63, 3.8) is 0 Å². The smallest absolute Gasteiger partial charge is 0.161 e. The fraction of sp³-hybridized carbons (Fsp3) is 0.105. The summed E-state index contributed by atoms with van der Waals surface area (Å²) in [5.41, 5.74) is 9.87. The van der Waals surface area contributed by atoms with Crippen LogP contribution >= 0.6 is 0 Å². The summed E-state index contributed by atoms with van der Waals surface area (Å²) in [6.45, 7) is 0. The van der Waals surface area contributed by atoms with E-state index in [1.165, 1.54) is 0 Å². The Balaban J connectivity index is 1.83. The molecule has 4 rings (SSSR count). The Hall–Kier alpha value is -3.61. The predicted molar refractivity (Wildman–Crippen MR) is 99.2 cm³/mol. The van der Waals surface area contributed by atoms with Crippen LogP contribution in [0.4, 0.5) is 5.82 Å². The Kier molecular flexibility index (Phi) is 3.89. The van der Waals surface area contributed by atoms with Gasteiger partial charge in [-0.3, -0.25) is 0 Å². The van der Waals surface area contributed by atoms with Crippen LogP contribution in [0, 0.1) is 0 Å². The van der Waals surface area contributed by atoms with Crippen molar-refractivity contribution in [1.29, 1.82) is 0 Å². The summed E-state index contributed by atoms with van der Waals surface area (Å²) in [5, 5.41) is 4.73. The summed E-state index contributed by atoms with van der Waals surface area (Å²) in [6.07, 6.45) is 3.48. The molecular formula is C19H17N5O2. The second-order valence-corrected chi connectivity index (χ2v) is 5.67. The van der Waals surface area contributed by atoms with Crippen LogP contribution in [0.5, 0.6) is 11.5 Å². The topological polar surface area (TPSA) is 87.6 Å². The average Bonchev–Trinajstić information content (AvgIpc) is 3.11. The number of ether oxygens (including phenoxy) is 2. The number of benzene rings is 1. The molecule has 0 spiro atoms. The molecule has 0 bridgehead atoms. The lowest BCUT2D eigenvalue weighted by Gasteiger charge is -2.10. The van der Waals surface area contributed by atoms with Gasteiger partial charge in [-0.05, 0) is 42.5 Å². The minimum Gasteiger partial charge on any atom is -0.493 e. The van der Waals surface area contributed by atoms with Gasteiger partial charge in [0, 0.05) is 17.3 Å². The van der Waals surface area contributed by atoms with Crippen LogP contribution in [0.1, 0.15) is 0 Å². The van der Waals surface area contributed by atoms with Crippen molar-refractivity contribution in [2.45, 2.75) is 0 Å². The van der Waals surface area contributed by atoms with E-state index >= 15 is 0 Å². The number of hydrogen-bond acceptors (Lipinski definition) is 6. The molecule has 0 aliphatic heterocycles. The van der Waals surface area contributed by atoms with E-state index in [0.29, 0.717) is 17.3 Å². The van der Waals surface area contributed by atoms with Crippen LogP contribution in [0.15, 0.2) is 54.9 Å². The highest BCUT2D eigenvalue weighted by atomic mass is 16.5. The number of rotatable bonds is 4. The van der Waals surface area contributed by atoms with Crippen LogP contribution in [-0.2, 0) is 0 Å². The number of nitrogen functional groups attached to an aromatic ring is 1. The van der Waals surface area contributed by atoms with Gasteiger partial charge in [0.1, 0.15) is 5.82 Å². The molecule has 3 aromatic heterocycles. The molecule has 0 saturated heterocycles. The van der Waals surface area contributed by atoms with Gasteiger partial charge in [-0.1, -0.05) is 0 Å². The first-order valence-corrected chi connectivity index (χ1v) is 7.98. The maximum atomic E-state index is 5.67.